The molecule has 12 heavy (non-hydrogen) atoms. The van der Waals surface area contributed by atoms with Gasteiger partial charge >= 0.3 is 5.97 Å². The first-order valence-electron chi connectivity index (χ1n) is 3.48. The summed E-state index contributed by atoms with van der Waals surface area (Å²) in [5, 5.41) is 0. The molecule has 0 saturated carbocycles. The summed E-state index contributed by atoms with van der Waals surface area (Å²) in [7, 11) is 5.62. The van der Waals surface area contributed by atoms with Gasteiger partial charge in [0, 0.05) is 0 Å². The zero-order valence-corrected chi connectivity index (χ0v) is 8.40. The van der Waals surface area contributed by atoms with E-state index < -0.39 is 6.67 Å². The van der Waals surface area contributed by atoms with Gasteiger partial charge in [0.15, 0.2) is 6.54 Å². The first-order chi connectivity index (χ1) is 4.95. The molecule has 0 saturated heterocycles. The molecule has 0 rings (SSSR count). The van der Waals surface area contributed by atoms with E-state index >= 15 is 0 Å². The summed E-state index contributed by atoms with van der Waals surface area (Å²) >= 11 is 0. The maximum Gasteiger partial charge on any atom is 0.361 e. The van der Waals surface area contributed by atoms with Crippen molar-refractivity contribution in [1.82, 2.24) is 0 Å². The highest BCUT2D eigenvalue weighted by Gasteiger charge is 2.14. The molecule has 0 aromatic carbocycles. The number of esters is 1. The standard InChI is InChI=1S/C7H15FNO2.ClH/c1-9(2,3)6-7(10)11-5-4-8;/h4-6H2,1-3H3;1H/q+1;/p-1. The summed E-state index contributed by atoms with van der Waals surface area (Å²) in [5.74, 6) is -0.352. The van der Waals surface area contributed by atoms with Gasteiger partial charge in [-0.05, 0) is 0 Å². The van der Waals surface area contributed by atoms with Crippen LogP contribution in [0.3, 0.4) is 0 Å². The van der Waals surface area contributed by atoms with Gasteiger partial charge in [0.2, 0.25) is 0 Å². The molecule has 0 aliphatic carbocycles. The monoisotopic (exact) mass is 199 g/mol. The van der Waals surface area contributed by atoms with Crippen LogP contribution in [0.25, 0.3) is 0 Å². The molecule has 0 aromatic heterocycles. The number of alkyl halides is 1. The van der Waals surface area contributed by atoms with Crippen LogP contribution in [-0.4, -0.2) is 51.4 Å². The lowest BCUT2D eigenvalue weighted by Gasteiger charge is -2.21. The number of nitrogens with zero attached hydrogens (tertiary/aromatic N) is 1. The second-order valence-corrected chi connectivity index (χ2v) is 3.36. The smallest absolute Gasteiger partial charge is 0.361 e. The predicted octanol–water partition coefficient (Wildman–Crippen LogP) is -2.79. The summed E-state index contributed by atoms with van der Waals surface area (Å²) in [6.07, 6.45) is 0. The topological polar surface area (TPSA) is 26.3 Å². The van der Waals surface area contributed by atoms with E-state index in [0.29, 0.717) is 4.48 Å². The van der Waals surface area contributed by atoms with Gasteiger partial charge in [-0.3, -0.25) is 0 Å². The molecule has 0 aromatic rings. The first kappa shape index (κ1) is 14.2. The molecule has 5 heteroatoms. The van der Waals surface area contributed by atoms with Gasteiger partial charge in [0.05, 0.1) is 21.1 Å². The maximum atomic E-state index is 11.5. The fourth-order valence-corrected chi connectivity index (χ4v) is 0.585. The minimum atomic E-state index is -0.608. The molecule has 0 bridgehead atoms. The third kappa shape index (κ3) is 9.65. The fourth-order valence-electron chi connectivity index (χ4n) is 0.585. The van der Waals surface area contributed by atoms with E-state index in [1.165, 1.54) is 0 Å². The van der Waals surface area contributed by atoms with E-state index in [1.807, 2.05) is 21.1 Å². The van der Waals surface area contributed by atoms with Crippen molar-refractivity contribution in [1.29, 1.82) is 0 Å². The number of hydrogen-bond donors (Lipinski definition) is 0. The van der Waals surface area contributed by atoms with Crippen LogP contribution in [0.2, 0.25) is 0 Å². The fraction of sp³-hybridized carbons (Fsp3) is 0.857. The van der Waals surface area contributed by atoms with Crippen LogP contribution in [0.4, 0.5) is 4.39 Å². The quantitative estimate of drug-likeness (QED) is 0.362. The number of likely N-dealkylation sites (N-methyl/N-ethyl adjacent to an activating group) is 1. The molecule has 3 nitrogen and oxygen atoms in total. The molecule has 0 spiro atoms. The highest BCUT2D eigenvalue weighted by molar-refractivity contribution is 5.70. The van der Waals surface area contributed by atoms with Crippen molar-refractivity contribution in [2.24, 2.45) is 0 Å². The number of ether oxygens (including phenoxy) is 1. The van der Waals surface area contributed by atoms with Crippen molar-refractivity contribution < 1.29 is 30.8 Å². The number of carbonyl (C=O) groups excluding carboxylic acids is 1. The summed E-state index contributed by atoms with van der Waals surface area (Å²) in [6.45, 7) is -0.457. The van der Waals surface area contributed by atoms with Crippen LogP contribution in [0, 0.1) is 0 Å². The zero-order chi connectivity index (χ0) is 8.91. The lowest BCUT2D eigenvalue weighted by atomic mass is 10.5. The largest absolute Gasteiger partial charge is 1.00 e. The number of carbonyl (C=O) groups is 1. The van der Waals surface area contributed by atoms with Crippen LogP contribution >= 0.6 is 0 Å². The van der Waals surface area contributed by atoms with Crippen molar-refractivity contribution in [3.63, 3.8) is 0 Å². The Morgan fingerprint density at radius 1 is 1.42 bits per heavy atom. The van der Waals surface area contributed by atoms with Crippen LogP contribution in [0.5, 0.6) is 0 Å². The van der Waals surface area contributed by atoms with Gasteiger partial charge in [-0.15, -0.1) is 0 Å². The molecule has 0 fully saturated rings. The molecular formula is C7H15ClFNO2. The van der Waals surface area contributed by atoms with Crippen molar-refractivity contribution in [2.75, 3.05) is 41.0 Å². The Bertz CT molecular complexity index is 136. The van der Waals surface area contributed by atoms with Gasteiger partial charge in [-0.2, -0.15) is 0 Å². The summed E-state index contributed by atoms with van der Waals surface area (Å²) < 4.78 is 16.5. The maximum absolute atomic E-state index is 11.5. The highest BCUT2D eigenvalue weighted by Crippen LogP contribution is 1.91. The first-order valence-corrected chi connectivity index (χ1v) is 3.48. The van der Waals surface area contributed by atoms with Crippen molar-refractivity contribution in [3.05, 3.63) is 0 Å². The Kier molecular flexibility index (Phi) is 7.33. The SMILES string of the molecule is C[N+](C)(C)CC(=O)OCCF.[Cl-]. The zero-order valence-electron chi connectivity index (χ0n) is 7.64. The number of quaternary nitrogens is 1. The molecule has 0 aliphatic heterocycles. The average molecular weight is 200 g/mol. The molecule has 0 amide bonds. The Labute approximate surface area is 78.5 Å². The van der Waals surface area contributed by atoms with E-state index in [9.17, 15) is 9.18 Å². The summed E-state index contributed by atoms with van der Waals surface area (Å²) in [6, 6.07) is 0. The van der Waals surface area contributed by atoms with Crippen molar-refractivity contribution in [3.8, 4) is 0 Å². The van der Waals surface area contributed by atoms with Gasteiger partial charge in [0.25, 0.3) is 0 Å². The molecule has 0 aliphatic rings. The third-order valence-corrected chi connectivity index (χ3v) is 0.944. The van der Waals surface area contributed by atoms with Gasteiger partial charge < -0.3 is 21.6 Å². The average Bonchev–Trinajstić information content (AvgIpc) is 1.79. The lowest BCUT2D eigenvalue weighted by Crippen LogP contribution is -3.00. The summed E-state index contributed by atoms with van der Waals surface area (Å²) in [4.78, 5) is 10.8. The molecule has 0 unspecified atom stereocenters. The van der Waals surface area contributed by atoms with Crippen LogP contribution in [-0.2, 0) is 9.53 Å². The predicted molar refractivity (Wildman–Crippen MR) is 39.8 cm³/mol. The second-order valence-electron chi connectivity index (χ2n) is 3.36. The molecule has 74 valence electrons. The highest BCUT2D eigenvalue weighted by atomic mass is 35.5. The van der Waals surface area contributed by atoms with Gasteiger partial charge in [-0.1, -0.05) is 0 Å². The van der Waals surface area contributed by atoms with Crippen LogP contribution < -0.4 is 12.4 Å². The number of halogens is 2. The van der Waals surface area contributed by atoms with E-state index in [4.69, 9.17) is 0 Å². The Morgan fingerprint density at radius 3 is 2.25 bits per heavy atom. The lowest BCUT2D eigenvalue weighted by molar-refractivity contribution is -0.862. The van der Waals surface area contributed by atoms with Crippen LogP contribution in [0.15, 0.2) is 0 Å². The third-order valence-electron chi connectivity index (χ3n) is 0.944. The molecular weight excluding hydrogens is 185 g/mol. The molecule has 0 N–H and O–H groups in total. The Morgan fingerprint density at radius 2 is 1.92 bits per heavy atom. The van der Waals surface area contributed by atoms with Gasteiger partial charge in [0.1, 0.15) is 13.3 Å². The van der Waals surface area contributed by atoms with E-state index in [0.717, 1.165) is 0 Å². The minimum Gasteiger partial charge on any atom is -1.00 e. The summed E-state index contributed by atoms with van der Waals surface area (Å²) in [5.41, 5.74) is 0. The van der Waals surface area contributed by atoms with E-state index in [1.54, 1.807) is 0 Å². The molecule has 0 radical (unpaired) electrons. The second kappa shape index (κ2) is 6.20. The molecule has 0 heterocycles. The normalized spacial score (nSPS) is 10.3. The van der Waals surface area contributed by atoms with Crippen LogP contribution in [0.1, 0.15) is 0 Å². The Balaban J connectivity index is 0. The van der Waals surface area contributed by atoms with Crippen molar-refractivity contribution in [2.45, 2.75) is 0 Å². The van der Waals surface area contributed by atoms with Crippen molar-refractivity contribution >= 4 is 5.97 Å². The molecule has 0 atom stereocenters. The number of hydrogen-bond acceptors (Lipinski definition) is 2. The van der Waals surface area contributed by atoms with E-state index in [-0.39, 0.29) is 31.5 Å². The number of rotatable bonds is 4. The van der Waals surface area contributed by atoms with Gasteiger partial charge in [-0.25, -0.2) is 9.18 Å². The Hall–Kier alpha value is -0.350. The minimum absolute atomic E-state index is 0. The van der Waals surface area contributed by atoms with E-state index in [2.05, 4.69) is 4.74 Å².